The molecule has 4 fully saturated rings. The third-order valence-corrected chi connectivity index (χ3v) is 15.4. The van der Waals surface area contributed by atoms with Crippen LogP contribution in [0.25, 0.3) is 26.9 Å². The van der Waals surface area contributed by atoms with Gasteiger partial charge in [0.1, 0.15) is 17.5 Å². The van der Waals surface area contributed by atoms with Crippen molar-refractivity contribution in [1.82, 2.24) is 34.8 Å². The van der Waals surface area contributed by atoms with Gasteiger partial charge in [0.05, 0.1) is 35.6 Å². The molecule has 1 spiro atoms. The molecule has 1 saturated carbocycles. The molecule has 5 aliphatic rings. The molecule has 3 saturated heterocycles. The molecule has 6 heterocycles. The highest BCUT2D eigenvalue weighted by atomic mass is 32.1. The van der Waals surface area contributed by atoms with E-state index in [4.69, 9.17) is 9.47 Å². The van der Waals surface area contributed by atoms with E-state index in [0.717, 1.165) is 104 Å². The number of aryl methyl sites for hydroxylation is 1. The number of piperidine rings is 2. The second kappa shape index (κ2) is 17.4. The van der Waals surface area contributed by atoms with Crippen molar-refractivity contribution in [3.05, 3.63) is 81.1 Å². The van der Waals surface area contributed by atoms with E-state index >= 15 is 0 Å². The number of likely N-dealkylation sites (tertiary alicyclic amines) is 1. The van der Waals surface area contributed by atoms with Crippen LogP contribution < -0.4 is 30.6 Å². The van der Waals surface area contributed by atoms with Crippen LogP contribution in [0.4, 0.5) is 5.69 Å². The van der Waals surface area contributed by atoms with Gasteiger partial charge in [0.15, 0.2) is 0 Å². The van der Waals surface area contributed by atoms with E-state index in [-0.39, 0.29) is 35.1 Å². The van der Waals surface area contributed by atoms with Crippen molar-refractivity contribution in [3.8, 4) is 22.6 Å². The first-order chi connectivity index (χ1) is 30.8. The summed E-state index contributed by atoms with van der Waals surface area (Å²) in [6, 6.07) is 10.9. The number of nitrogens with one attached hydrogen (secondary N) is 2. The molecule has 4 amide bonds. The Morgan fingerprint density at radius 2 is 1.61 bits per heavy atom. The predicted octanol–water partition coefficient (Wildman–Crippen LogP) is 4.23. The lowest BCUT2D eigenvalue weighted by molar-refractivity contribution is -0.136. The number of nitrogens with zero attached hydrogens (tertiary/aromatic N) is 6. The van der Waals surface area contributed by atoms with Crippen LogP contribution in [0.5, 0.6) is 11.5 Å². The number of ether oxygens (including phenoxy) is 2. The number of pyridine rings is 1. The summed E-state index contributed by atoms with van der Waals surface area (Å²) in [6.45, 7) is 13.1. The third-order valence-electron chi connectivity index (χ3n) is 14.2. The fraction of sp³-hybridized carbons (Fsp3) is 0.479. The molecule has 4 aromatic rings. The van der Waals surface area contributed by atoms with Crippen LogP contribution in [-0.2, 0) is 23.2 Å². The van der Waals surface area contributed by atoms with E-state index in [1.54, 1.807) is 31.9 Å². The van der Waals surface area contributed by atoms with Gasteiger partial charge in [0.2, 0.25) is 11.8 Å². The second-order valence-electron chi connectivity index (χ2n) is 18.4. The summed E-state index contributed by atoms with van der Waals surface area (Å²) in [7, 11) is 9.01. The second-order valence-corrected chi connectivity index (χ2v) is 19.4. The van der Waals surface area contributed by atoms with Gasteiger partial charge in [-0.15, -0.1) is 11.3 Å². The molecular formula is C48H58N8O7S. The van der Waals surface area contributed by atoms with Gasteiger partial charge >= 0.3 is 0 Å². The van der Waals surface area contributed by atoms with Gasteiger partial charge in [-0.2, -0.15) is 0 Å². The van der Waals surface area contributed by atoms with Crippen molar-refractivity contribution in [2.75, 3.05) is 92.1 Å². The Balaban J connectivity index is 0.746. The lowest BCUT2D eigenvalue weighted by Gasteiger charge is -2.38. The summed E-state index contributed by atoms with van der Waals surface area (Å²) in [4.78, 5) is 76.2. The van der Waals surface area contributed by atoms with E-state index in [1.165, 1.54) is 16.2 Å². The number of aromatic nitrogens is 1. The fourth-order valence-electron chi connectivity index (χ4n) is 10.3. The summed E-state index contributed by atoms with van der Waals surface area (Å²) in [6.07, 6.45) is 5.71. The Hall–Kier alpha value is -5.55. The van der Waals surface area contributed by atoms with Gasteiger partial charge in [0, 0.05) is 99.2 Å². The van der Waals surface area contributed by atoms with E-state index in [9.17, 15) is 24.0 Å². The number of carbonyl (C=O) groups excluding carboxylic acids is 4. The van der Waals surface area contributed by atoms with E-state index in [2.05, 4.69) is 36.8 Å². The van der Waals surface area contributed by atoms with Crippen molar-refractivity contribution >= 4 is 56.4 Å². The number of hydrogen-bond acceptors (Lipinski definition) is 12. The average molecular weight is 891 g/mol. The van der Waals surface area contributed by atoms with Crippen molar-refractivity contribution in [2.45, 2.75) is 44.7 Å². The quantitative estimate of drug-likeness (QED) is 0.186. The summed E-state index contributed by atoms with van der Waals surface area (Å²) in [5, 5.41) is 6.10. The van der Waals surface area contributed by atoms with Gasteiger partial charge < -0.3 is 34.1 Å². The topological polar surface area (TPSA) is 149 Å². The molecule has 2 unspecified atom stereocenters. The summed E-state index contributed by atoms with van der Waals surface area (Å²) in [5.41, 5.74) is 5.56. The maximum absolute atomic E-state index is 13.6. The third kappa shape index (κ3) is 8.20. The van der Waals surface area contributed by atoms with E-state index in [1.807, 2.05) is 50.6 Å². The first kappa shape index (κ1) is 43.7. The molecule has 2 N–H and O–H groups in total. The van der Waals surface area contributed by atoms with Gasteiger partial charge in [-0.3, -0.25) is 39.1 Å². The number of rotatable bonds is 13. The molecule has 4 aliphatic heterocycles. The summed E-state index contributed by atoms with van der Waals surface area (Å²) < 4.78 is 13.9. The normalized spacial score (nSPS) is 21.2. The Morgan fingerprint density at radius 3 is 2.27 bits per heavy atom. The molecule has 0 radical (unpaired) electrons. The Kier molecular flexibility index (Phi) is 11.9. The average Bonchev–Trinajstić information content (AvgIpc) is 3.63. The Bertz CT molecular complexity index is 2580. The molecule has 2 atom stereocenters. The number of thiophene rings is 1. The molecule has 16 heteroatoms. The molecule has 9 rings (SSSR count). The molecule has 15 nitrogen and oxygen atoms in total. The number of benzene rings is 2. The molecule has 338 valence electrons. The molecule has 2 aromatic heterocycles. The summed E-state index contributed by atoms with van der Waals surface area (Å²) >= 11 is 1.35. The SMILES string of the molecule is C=C1c2ccc(N3CCN(CCN4CCC5(CC4)CC5CNC(=O)c4cc5c(=O)n(C)cc(-c6cc(OC)c(CN(C)C)c(OC)c6)c5s4)CC3)cc2C(=O)N1C1CCC(=O)NC1=O. The minimum atomic E-state index is -0.727. The standard InChI is InChI=1S/C48H58N8O7S/c1-29-33-8-7-32(23-34(33)47(61)56(29)38-9-10-42(57)50-44(38)58)55-19-17-54(18-20-55)16-15-53-13-11-48(12-14-53)25-31(48)26-49-45(59)41-24-35-43(64-41)36(28-52(4)46(35)60)30-21-39(62-5)37(27-51(2)3)40(22-30)63-6/h7-8,21-24,28,31,38H,1,9-20,25-27H2,2-6H3,(H,49,59)(H,50,57,58). The van der Waals surface area contributed by atoms with Gasteiger partial charge in [-0.25, -0.2) is 0 Å². The van der Waals surface area contributed by atoms with Gasteiger partial charge in [-0.05, 0) is 100 Å². The number of hydrogen-bond donors (Lipinski definition) is 2. The molecule has 2 aromatic carbocycles. The maximum atomic E-state index is 13.6. The van der Waals surface area contributed by atoms with E-state index in [0.29, 0.717) is 58.5 Å². The predicted molar refractivity (Wildman–Crippen MR) is 248 cm³/mol. The van der Waals surface area contributed by atoms with Crippen molar-refractivity contribution in [3.63, 3.8) is 0 Å². The number of amides is 4. The van der Waals surface area contributed by atoms with Crippen LogP contribution in [0.1, 0.15) is 63.3 Å². The van der Waals surface area contributed by atoms with Crippen LogP contribution in [0, 0.1) is 11.3 Å². The monoisotopic (exact) mass is 890 g/mol. The first-order valence-electron chi connectivity index (χ1n) is 22.3. The zero-order valence-corrected chi connectivity index (χ0v) is 38.3. The number of piperazine rings is 1. The van der Waals surface area contributed by atoms with E-state index < -0.39 is 11.9 Å². The summed E-state index contributed by atoms with van der Waals surface area (Å²) in [5.74, 6) is 0.712. The highest BCUT2D eigenvalue weighted by Crippen LogP contribution is 2.59. The first-order valence-corrected chi connectivity index (χ1v) is 23.1. The lowest BCUT2D eigenvalue weighted by Crippen LogP contribution is -2.52. The number of fused-ring (bicyclic) bond motifs is 2. The number of anilines is 1. The van der Waals surface area contributed by atoms with Crippen LogP contribution in [0.2, 0.25) is 0 Å². The van der Waals surface area contributed by atoms with Crippen molar-refractivity contribution in [2.24, 2.45) is 18.4 Å². The molecule has 1 aliphatic carbocycles. The molecule has 0 bridgehead atoms. The zero-order valence-electron chi connectivity index (χ0n) is 37.5. The van der Waals surface area contributed by atoms with Crippen molar-refractivity contribution < 1.29 is 28.7 Å². The van der Waals surface area contributed by atoms with Gasteiger partial charge in [-0.1, -0.05) is 12.6 Å². The number of methoxy groups -OCH3 is 2. The largest absolute Gasteiger partial charge is 0.496 e. The number of carbonyl (C=O) groups is 4. The minimum Gasteiger partial charge on any atom is -0.496 e. The zero-order chi connectivity index (χ0) is 45.0. The van der Waals surface area contributed by atoms with Crippen LogP contribution in [-0.4, -0.2) is 141 Å². The Morgan fingerprint density at radius 1 is 0.922 bits per heavy atom. The van der Waals surface area contributed by atoms with Crippen LogP contribution in [0.15, 0.2) is 54.0 Å². The number of imide groups is 1. The lowest BCUT2D eigenvalue weighted by atomic mass is 9.91. The highest BCUT2D eigenvalue weighted by molar-refractivity contribution is 7.21. The molecule has 64 heavy (non-hydrogen) atoms. The fourth-order valence-corrected chi connectivity index (χ4v) is 11.4. The van der Waals surface area contributed by atoms with Crippen LogP contribution >= 0.6 is 11.3 Å². The van der Waals surface area contributed by atoms with Crippen molar-refractivity contribution in [1.29, 1.82) is 0 Å². The maximum Gasteiger partial charge on any atom is 0.261 e. The minimum absolute atomic E-state index is 0.141. The Labute approximate surface area is 377 Å². The smallest absolute Gasteiger partial charge is 0.261 e. The molecular weight excluding hydrogens is 833 g/mol. The highest BCUT2D eigenvalue weighted by Gasteiger charge is 2.54. The van der Waals surface area contributed by atoms with Gasteiger partial charge in [0.25, 0.3) is 17.4 Å². The van der Waals surface area contributed by atoms with Crippen LogP contribution in [0.3, 0.4) is 0 Å².